The van der Waals surface area contributed by atoms with Crippen molar-refractivity contribution in [2.75, 3.05) is 26.7 Å². The zero-order valence-corrected chi connectivity index (χ0v) is 17.5. The number of hydrogen-bond acceptors (Lipinski definition) is 4. The average molecular weight is 417 g/mol. The first-order chi connectivity index (χ1) is 14.1. The maximum absolute atomic E-state index is 11.9. The number of hydrogen-bond donors (Lipinski definition) is 1. The topological polar surface area (TPSA) is 70.1 Å². The molecule has 1 N–H and O–H groups in total. The van der Waals surface area contributed by atoms with Crippen LogP contribution in [0, 0.1) is 0 Å². The number of methoxy groups -OCH3 is 1. The largest absolute Gasteiger partial charge is 0.465 e. The zero-order chi connectivity index (χ0) is 20.6. The third-order valence-electron chi connectivity index (χ3n) is 5.37. The van der Waals surface area contributed by atoms with Gasteiger partial charge in [-0.1, -0.05) is 42.5 Å². The molecule has 156 valence electrons. The van der Waals surface area contributed by atoms with Crippen molar-refractivity contribution in [2.45, 2.75) is 31.8 Å². The van der Waals surface area contributed by atoms with E-state index in [1.807, 2.05) is 18.2 Å². The first-order valence-electron chi connectivity index (χ1n) is 9.90. The molecule has 0 amide bonds. The van der Waals surface area contributed by atoms with E-state index in [0.29, 0.717) is 18.7 Å². The molecule has 0 aliphatic carbocycles. The minimum Gasteiger partial charge on any atom is -0.465 e. The minimum absolute atomic E-state index is 0.242. The van der Waals surface area contributed by atoms with E-state index in [1.165, 1.54) is 25.5 Å². The Labute approximate surface area is 174 Å². The van der Waals surface area contributed by atoms with Crippen LogP contribution in [0.3, 0.4) is 0 Å². The molecule has 2 aromatic rings. The number of likely N-dealkylation sites (tertiary alicyclic amines) is 1. The van der Waals surface area contributed by atoms with Gasteiger partial charge < -0.3 is 4.74 Å². The van der Waals surface area contributed by atoms with Crippen LogP contribution in [-0.2, 0) is 22.5 Å². The lowest BCUT2D eigenvalue weighted by molar-refractivity contribution is 0.0600. The van der Waals surface area contributed by atoms with Crippen LogP contribution in [0.1, 0.15) is 46.8 Å². The Morgan fingerprint density at radius 1 is 1.14 bits per heavy atom. The summed E-state index contributed by atoms with van der Waals surface area (Å²) in [6.07, 6.45) is 3.17. The molecule has 1 aliphatic heterocycles. The van der Waals surface area contributed by atoms with E-state index in [2.05, 4.69) is 17.0 Å². The number of rotatable bonds is 9. The molecule has 0 aromatic heterocycles. The van der Waals surface area contributed by atoms with Gasteiger partial charge in [0.2, 0.25) is 11.3 Å². The van der Waals surface area contributed by atoms with Crippen molar-refractivity contribution in [2.24, 2.45) is 0 Å². The summed E-state index contributed by atoms with van der Waals surface area (Å²) in [5.41, 5.74) is 2.59. The Hall–Kier alpha value is -2.06. The van der Waals surface area contributed by atoms with E-state index in [9.17, 15) is 13.6 Å². The summed E-state index contributed by atoms with van der Waals surface area (Å²) in [4.78, 5) is 14.0. The van der Waals surface area contributed by atoms with Gasteiger partial charge in [-0.2, -0.15) is 4.31 Å². The van der Waals surface area contributed by atoms with Gasteiger partial charge in [0.25, 0.3) is 0 Å². The second kappa shape index (κ2) is 10.6. The lowest BCUT2D eigenvalue weighted by Gasteiger charge is -2.30. The van der Waals surface area contributed by atoms with Crippen LogP contribution in [0.5, 0.6) is 0 Å². The highest BCUT2D eigenvalue weighted by Crippen LogP contribution is 2.28. The van der Waals surface area contributed by atoms with E-state index in [1.54, 1.807) is 28.6 Å². The molecule has 1 fully saturated rings. The molecule has 0 bridgehead atoms. The van der Waals surface area contributed by atoms with E-state index < -0.39 is 17.2 Å². The first-order valence-corrected chi connectivity index (χ1v) is 11.0. The third kappa shape index (κ3) is 5.96. The lowest BCUT2D eigenvalue weighted by atomic mass is 10.0. The molecule has 0 saturated carbocycles. The van der Waals surface area contributed by atoms with Crippen molar-refractivity contribution in [3.63, 3.8) is 0 Å². The van der Waals surface area contributed by atoms with Crippen molar-refractivity contribution in [3.05, 3.63) is 71.3 Å². The van der Waals surface area contributed by atoms with Crippen molar-refractivity contribution in [1.29, 1.82) is 0 Å². The molecule has 1 heterocycles. The van der Waals surface area contributed by atoms with Crippen LogP contribution in [0.15, 0.2) is 54.6 Å². The highest BCUT2D eigenvalue weighted by atomic mass is 32.2. The van der Waals surface area contributed by atoms with Gasteiger partial charge in [0, 0.05) is 19.1 Å². The van der Waals surface area contributed by atoms with Crippen LogP contribution >= 0.6 is 0 Å². The van der Waals surface area contributed by atoms with Gasteiger partial charge in [-0.25, -0.2) is 9.00 Å². The van der Waals surface area contributed by atoms with Gasteiger partial charge in [0.15, 0.2) is 0 Å². The van der Waals surface area contributed by atoms with E-state index in [-0.39, 0.29) is 6.04 Å². The van der Waals surface area contributed by atoms with Crippen LogP contribution < -0.4 is 0 Å². The van der Waals surface area contributed by atoms with Crippen LogP contribution in [-0.4, -0.2) is 50.7 Å². The molecule has 1 aliphatic rings. The smallest absolute Gasteiger partial charge is 0.337 e. The molecule has 1 saturated heterocycles. The standard InChI is InChI=1S/C22H28N2O4S/c1-28-22(25)20-11-9-18(10-12-20)17-24(29(26)27)16-13-21(23-14-5-6-15-23)19-7-3-2-4-8-19/h2-4,7-12,21H,5-6,13-17H2,1H3,(H,26,27). The SMILES string of the molecule is COC(=O)c1ccc(CN(CCC(c2ccccc2)N2CCCC2)S(=O)O)cc1. The highest BCUT2D eigenvalue weighted by Gasteiger charge is 2.25. The van der Waals surface area contributed by atoms with Gasteiger partial charge in [-0.15, -0.1) is 0 Å². The lowest BCUT2D eigenvalue weighted by Crippen LogP contribution is -2.32. The molecule has 7 heteroatoms. The first kappa shape index (κ1) is 21.6. The summed E-state index contributed by atoms with van der Waals surface area (Å²) in [5, 5.41) is 0. The Morgan fingerprint density at radius 2 is 1.79 bits per heavy atom. The summed E-state index contributed by atoms with van der Waals surface area (Å²) in [6, 6.07) is 17.6. The predicted octanol–water partition coefficient (Wildman–Crippen LogP) is 3.64. The summed E-state index contributed by atoms with van der Waals surface area (Å²) < 4.78 is 28.0. The van der Waals surface area contributed by atoms with Crippen LogP contribution in [0.4, 0.5) is 0 Å². The van der Waals surface area contributed by atoms with Crippen molar-refractivity contribution in [3.8, 4) is 0 Å². The van der Waals surface area contributed by atoms with E-state index in [4.69, 9.17) is 4.74 Å². The molecule has 2 unspecified atom stereocenters. The maximum Gasteiger partial charge on any atom is 0.337 e. The summed E-state index contributed by atoms with van der Waals surface area (Å²) in [7, 11) is 1.34. The number of nitrogens with zero attached hydrogens (tertiary/aromatic N) is 2. The summed E-state index contributed by atoms with van der Waals surface area (Å²) >= 11 is -2.07. The Kier molecular flexibility index (Phi) is 7.94. The van der Waals surface area contributed by atoms with Crippen LogP contribution in [0.2, 0.25) is 0 Å². The fourth-order valence-corrected chi connectivity index (χ4v) is 4.36. The zero-order valence-electron chi connectivity index (χ0n) is 16.7. The molecule has 29 heavy (non-hydrogen) atoms. The van der Waals surface area contributed by atoms with E-state index >= 15 is 0 Å². The van der Waals surface area contributed by atoms with Gasteiger partial charge in [0.1, 0.15) is 0 Å². The third-order valence-corrected chi connectivity index (χ3v) is 6.13. The van der Waals surface area contributed by atoms with Gasteiger partial charge in [-0.05, 0) is 55.6 Å². The molecular weight excluding hydrogens is 388 g/mol. The van der Waals surface area contributed by atoms with Gasteiger partial charge in [-0.3, -0.25) is 9.45 Å². The Morgan fingerprint density at radius 3 is 2.38 bits per heavy atom. The maximum atomic E-state index is 11.9. The number of ether oxygens (including phenoxy) is 1. The number of esters is 1. The fraction of sp³-hybridized carbons (Fsp3) is 0.409. The number of carbonyl (C=O) groups excluding carboxylic acids is 1. The van der Waals surface area contributed by atoms with Crippen LogP contribution in [0.25, 0.3) is 0 Å². The number of carbonyl (C=O) groups is 1. The number of benzene rings is 2. The summed E-state index contributed by atoms with van der Waals surface area (Å²) in [6.45, 7) is 2.97. The van der Waals surface area contributed by atoms with Gasteiger partial charge >= 0.3 is 5.97 Å². The Bertz CT molecular complexity index is 807. The molecule has 2 aromatic carbocycles. The molecular formula is C22H28N2O4S. The molecule has 6 nitrogen and oxygen atoms in total. The second-order valence-electron chi connectivity index (χ2n) is 7.24. The second-order valence-corrected chi connectivity index (χ2v) is 8.22. The van der Waals surface area contributed by atoms with Crippen molar-refractivity contribution >= 4 is 17.2 Å². The van der Waals surface area contributed by atoms with Gasteiger partial charge in [0.05, 0.1) is 12.7 Å². The summed E-state index contributed by atoms with van der Waals surface area (Å²) in [5.74, 6) is -0.393. The van der Waals surface area contributed by atoms with Crippen molar-refractivity contribution in [1.82, 2.24) is 9.21 Å². The van der Waals surface area contributed by atoms with Crippen molar-refractivity contribution < 1.29 is 18.3 Å². The molecule has 0 spiro atoms. The average Bonchev–Trinajstić information content (AvgIpc) is 3.28. The normalized spacial score (nSPS) is 16.7. The Balaban J connectivity index is 1.67. The quantitative estimate of drug-likeness (QED) is 0.499. The predicted molar refractivity (Wildman–Crippen MR) is 114 cm³/mol. The van der Waals surface area contributed by atoms with E-state index in [0.717, 1.165) is 25.1 Å². The molecule has 3 rings (SSSR count). The molecule has 0 radical (unpaired) electrons. The fourth-order valence-electron chi connectivity index (χ4n) is 3.83. The minimum atomic E-state index is -2.07. The highest BCUT2D eigenvalue weighted by molar-refractivity contribution is 7.76. The monoisotopic (exact) mass is 416 g/mol. The molecule has 2 atom stereocenters.